The molecule has 140 valence electrons. The van der Waals surface area contributed by atoms with E-state index in [0.29, 0.717) is 26.1 Å². The van der Waals surface area contributed by atoms with Crippen LogP contribution in [-0.4, -0.2) is 99.1 Å². The minimum Gasteiger partial charge on any atom is -0.396 e. The number of ether oxygens (including phenoxy) is 5. The van der Waals surface area contributed by atoms with Gasteiger partial charge in [-0.25, -0.2) is 0 Å². The Kier molecular flexibility index (Phi) is 17.7. The molecule has 0 saturated carbocycles. The third kappa shape index (κ3) is 14.9. The molecule has 9 heteroatoms. The van der Waals surface area contributed by atoms with Gasteiger partial charge in [0.15, 0.2) is 0 Å². The van der Waals surface area contributed by atoms with Crippen LogP contribution in [0.3, 0.4) is 0 Å². The molecule has 0 amide bonds. The van der Waals surface area contributed by atoms with Gasteiger partial charge < -0.3 is 44.1 Å². The van der Waals surface area contributed by atoms with Gasteiger partial charge in [0.05, 0.1) is 26.4 Å². The van der Waals surface area contributed by atoms with E-state index in [1.807, 2.05) is 0 Å². The molecule has 0 aromatic heterocycles. The molecule has 0 radical (unpaired) electrons. The third-order valence-electron chi connectivity index (χ3n) is 2.71. The molecule has 23 heavy (non-hydrogen) atoms. The molecule has 0 aromatic carbocycles. The molecular formula is C14H30O9. The van der Waals surface area contributed by atoms with Crippen LogP contribution in [0.1, 0.15) is 12.8 Å². The van der Waals surface area contributed by atoms with Crippen LogP contribution in [0.5, 0.6) is 0 Å². The Morgan fingerprint density at radius 3 is 1.30 bits per heavy atom. The normalized spacial score (nSPS) is 14.1. The molecule has 4 N–H and O–H groups in total. The van der Waals surface area contributed by atoms with E-state index in [9.17, 15) is 0 Å². The Hall–Kier alpha value is -0.360. The van der Waals surface area contributed by atoms with Gasteiger partial charge in [-0.1, -0.05) is 0 Å². The summed E-state index contributed by atoms with van der Waals surface area (Å²) in [4.78, 5) is 0. The van der Waals surface area contributed by atoms with Crippen LogP contribution in [0.15, 0.2) is 0 Å². The lowest BCUT2D eigenvalue weighted by molar-refractivity contribution is -0.118. The van der Waals surface area contributed by atoms with Gasteiger partial charge >= 0.3 is 0 Å². The van der Waals surface area contributed by atoms with Crippen LogP contribution < -0.4 is 0 Å². The summed E-state index contributed by atoms with van der Waals surface area (Å²) in [5.74, 6) is 0. The van der Waals surface area contributed by atoms with Crippen molar-refractivity contribution in [3.05, 3.63) is 0 Å². The number of hydrogen-bond acceptors (Lipinski definition) is 9. The van der Waals surface area contributed by atoms with Crippen molar-refractivity contribution in [2.75, 3.05) is 66.4 Å². The molecule has 0 aliphatic carbocycles. The molecule has 0 rings (SSSR count). The molecule has 0 aromatic rings. The standard InChI is InChI=1S/C14H30O9/c15-3-1-5-22-13(9-20-11-17)7-19-8-14(10-21-12-18)23-6-2-4-16/h13-18H,1-12H2. The predicted molar refractivity (Wildman–Crippen MR) is 79.8 cm³/mol. The lowest BCUT2D eigenvalue weighted by Gasteiger charge is -2.21. The van der Waals surface area contributed by atoms with Crippen LogP contribution in [0.25, 0.3) is 0 Å². The Labute approximate surface area is 136 Å². The average Bonchev–Trinajstić information content (AvgIpc) is 2.56. The van der Waals surface area contributed by atoms with Gasteiger partial charge in [-0.15, -0.1) is 0 Å². The van der Waals surface area contributed by atoms with Crippen molar-refractivity contribution in [1.29, 1.82) is 0 Å². The zero-order valence-electron chi connectivity index (χ0n) is 13.5. The maximum absolute atomic E-state index is 8.74. The first-order valence-electron chi connectivity index (χ1n) is 7.68. The Bertz CT molecular complexity index is 208. The molecule has 0 aliphatic heterocycles. The van der Waals surface area contributed by atoms with Crippen LogP contribution in [0.4, 0.5) is 0 Å². The van der Waals surface area contributed by atoms with Crippen LogP contribution in [-0.2, 0) is 23.7 Å². The van der Waals surface area contributed by atoms with E-state index >= 15 is 0 Å². The second kappa shape index (κ2) is 18.0. The maximum atomic E-state index is 8.74. The second-order valence-electron chi connectivity index (χ2n) is 4.68. The molecular weight excluding hydrogens is 312 g/mol. The van der Waals surface area contributed by atoms with Crippen molar-refractivity contribution in [3.8, 4) is 0 Å². The number of rotatable bonds is 18. The minimum absolute atomic E-state index is 0.0354. The summed E-state index contributed by atoms with van der Waals surface area (Å²) in [6, 6.07) is 0. The largest absolute Gasteiger partial charge is 0.396 e. The molecule has 2 unspecified atom stereocenters. The van der Waals surface area contributed by atoms with Gasteiger partial charge in [0.2, 0.25) is 0 Å². The first kappa shape index (κ1) is 22.6. The summed E-state index contributed by atoms with van der Waals surface area (Å²) in [7, 11) is 0. The van der Waals surface area contributed by atoms with Crippen molar-refractivity contribution in [2.24, 2.45) is 0 Å². The van der Waals surface area contributed by atoms with Crippen molar-refractivity contribution in [3.63, 3.8) is 0 Å². The van der Waals surface area contributed by atoms with E-state index in [2.05, 4.69) is 0 Å². The summed E-state index contributed by atoms with van der Waals surface area (Å²) in [6.45, 7) is 0.785. The Morgan fingerprint density at radius 2 is 0.957 bits per heavy atom. The highest BCUT2D eigenvalue weighted by Crippen LogP contribution is 2.01. The van der Waals surface area contributed by atoms with Gasteiger partial charge in [0, 0.05) is 26.4 Å². The highest BCUT2D eigenvalue weighted by molar-refractivity contribution is 4.59. The third-order valence-corrected chi connectivity index (χ3v) is 2.71. The molecule has 0 heterocycles. The Balaban J connectivity index is 4.03. The lowest BCUT2D eigenvalue weighted by atomic mass is 10.3. The molecule has 0 saturated heterocycles. The van der Waals surface area contributed by atoms with E-state index in [1.165, 1.54) is 0 Å². The summed E-state index contributed by atoms with van der Waals surface area (Å²) < 4.78 is 26.3. The smallest absolute Gasteiger partial charge is 0.143 e. The molecule has 0 fully saturated rings. The first-order valence-corrected chi connectivity index (χ1v) is 7.68. The summed E-state index contributed by atoms with van der Waals surface area (Å²) in [6.07, 6.45) is 0.274. The number of aliphatic hydroxyl groups is 4. The van der Waals surface area contributed by atoms with Crippen molar-refractivity contribution < 1.29 is 44.1 Å². The molecule has 0 spiro atoms. The van der Waals surface area contributed by atoms with E-state index in [1.54, 1.807) is 0 Å². The molecule has 0 aliphatic rings. The van der Waals surface area contributed by atoms with E-state index in [4.69, 9.17) is 44.1 Å². The second-order valence-corrected chi connectivity index (χ2v) is 4.68. The maximum Gasteiger partial charge on any atom is 0.143 e. The Morgan fingerprint density at radius 1 is 0.565 bits per heavy atom. The molecule has 0 bridgehead atoms. The first-order chi connectivity index (χ1) is 11.3. The predicted octanol–water partition coefficient (Wildman–Crippen LogP) is -1.53. The zero-order valence-corrected chi connectivity index (χ0v) is 13.5. The van der Waals surface area contributed by atoms with Gasteiger partial charge in [-0.2, -0.15) is 0 Å². The average molecular weight is 342 g/mol. The lowest BCUT2D eigenvalue weighted by Crippen LogP contribution is -2.31. The van der Waals surface area contributed by atoms with Gasteiger partial charge in [0.1, 0.15) is 25.8 Å². The molecule has 9 nitrogen and oxygen atoms in total. The van der Waals surface area contributed by atoms with E-state index in [0.717, 1.165) is 0 Å². The number of aliphatic hydroxyl groups excluding tert-OH is 4. The fraction of sp³-hybridized carbons (Fsp3) is 1.00. The highest BCUT2D eigenvalue weighted by atomic mass is 16.6. The fourth-order valence-electron chi connectivity index (χ4n) is 1.62. The SMILES string of the molecule is OCCCOC(COCO)COCC(COCO)OCCCO. The topological polar surface area (TPSA) is 127 Å². The molecule has 2 atom stereocenters. The summed E-state index contributed by atoms with van der Waals surface area (Å²) in [5.41, 5.74) is 0. The van der Waals surface area contributed by atoms with Crippen LogP contribution in [0, 0.1) is 0 Å². The van der Waals surface area contributed by atoms with Crippen molar-refractivity contribution in [1.82, 2.24) is 0 Å². The van der Waals surface area contributed by atoms with Gasteiger partial charge in [-0.3, -0.25) is 0 Å². The quantitative estimate of drug-likeness (QED) is 0.173. The van der Waals surface area contributed by atoms with Gasteiger partial charge in [0.25, 0.3) is 0 Å². The number of hydrogen-bond donors (Lipinski definition) is 4. The van der Waals surface area contributed by atoms with Crippen molar-refractivity contribution in [2.45, 2.75) is 25.0 Å². The van der Waals surface area contributed by atoms with Crippen LogP contribution >= 0.6 is 0 Å². The van der Waals surface area contributed by atoms with E-state index < -0.39 is 13.6 Å². The fourth-order valence-corrected chi connectivity index (χ4v) is 1.62. The van der Waals surface area contributed by atoms with Crippen LogP contribution in [0.2, 0.25) is 0 Å². The minimum atomic E-state index is -0.406. The van der Waals surface area contributed by atoms with E-state index in [-0.39, 0.29) is 51.8 Å². The summed E-state index contributed by atoms with van der Waals surface area (Å²) in [5, 5.41) is 34.8. The van der Waals surface area contributed by atoms with Gasteiger partial charge in [-0.05, 0) is 12.8 Å². The monoisotopic (exact) mass is 342 g/mol. The zero-order chi connectivity index (χ0) is 17.2. The highest BCUT2D eigenvalue weighted by Gasteiger charge is 2.14. The summed E-state index contributed by atoms with van der Waals surface area (Å²) >= 11 is 0. The van der Waals surface area contributed by atoms with Crippen molar-refractivity contribution >= 4 is 0 Å².